The molecule has 0 aliphatic carbocycles. The molecule has 3 nitrogen and oxygen atoms in total. The summed E-state index contributed by atoms with van der Waals surface area (Å²) in [6, 6.07) is 0. The molecular formula is C8H15FeO3-. The molecule has 0 heterocycles. The van der Waals surface area contributed by atoms with E-state index in [0.29, 0.717) is 6.42 Å². The summed E-state index contributed by atoms with van der Waals surface area (Å²) in [6.45, 7) is 5.64. The Morgan fingerprint density at radius 3 is 1.75 bits per heavy atom. The van der Waals surface area contributed by atoms with Crippen LogP contribution in [0.5, 0.6) is 0 Å². The van der Waals surface area contributed by atoms with Crippen LogP contribution in [0.3, 0.4) is 0 Å². The van der Waals surface area contributed by atoms with Gasteiger partial charge in [0.05, 0.1) is 0 Å². The average Bonchev–Trinajstić information content (AvgIpc) is 1.88. The van der Waals surface area contributed by atoms with Gasteiger partial charge >= 0.3 is 5.97 Å². The van der Waals surface area contributed by atoms with Gasteiger partial charge in [-0.05, 0) is 0 Å². The summed E-state index contributed by atoms with van der Waals surface area (Å²) in [5, 5.41) is 7.99. The summed E-state index contributed by atoms with van der Waals surface area (Å²) in [5.74, 6) is -1.27. The van der Waals surface area contributed by atoms with E-state index < -0.39 is 5.97 Å². The fourth-order valence-electron chi connectivity index (χ4n) is 0.294. The fourth-order valence-corrected chi connectivity index (χ4v) is 0.294. The first kappa shape index (κ1) is 17.7. The SMILES string of the molecule is CCC(=O)CC(=O)O.C[CH-]C.[Fe]. The van der Waals surface area contributed by atoms with Gasteiger partial charge in [-0.3, -0.25) is 9.59 Å². The zero-order valence-corrected chi connectivity index (χ0v) is 8.71. The van der Waals surface area contributed by atoms with Crippen LogP contribution in [0.1, 0.15) is 33.6 Å². The minimum absolute atomic E-state index is 0. The van der Waals surface area contributed by atoms with Crippen LogP contribution in [0.25, 0.3) is 0 Å². The third-order valence-corrected chi connectivity index (χ3v) is 0.743. The number of Topliss-reactive ketones (excluding diaryl/α,β-unsaturated/α-hetero) is 1. The Balaban J connectivity index is -0.000000177. The van der Waals surface area contributed by atoms with Crippen molar-refractivity contribution in [3.05, 3.63) is 6.42 Å². The number of hydrogen-bond acceptors (Lipinski definition) is 2. The van der Waals surface area contributed by atoms with Crippen LogP contribution in [-0.2, 0) is 26.7 Å². The van der Waals surface area contributed by atoms with Crippen molar-refractivity contribution in [2.24, 2.45) is 0 Å². The smallest absolute Gasteiger partial charge is 0.310 e. The molecule has 0 aromatic heterocycles. The molecule has 0 bridgehead atoms. The molecule has 0 spiro atoms. The van der Waals surface area contributed by atoms with Crippen molar-refractivity contribution in [2.45, 2.75) is 33.6 Å². The van der Waals surface area contributed by atoms with E-state index >= 15 is 0 Å². The molecule has 0 aliphatic heterocycles. The molecule has 12 heavy (non-hydrogen) atoms. The molecule has 0 fully saturated rings. The first-order chi connectivity index (χ1) is 5.08. The molecule has 0 aliphatic rings. The topological polar surface area (TPSA) is 54.4 Å². The molecule has 1 N–H and O–H groups in total. The Morgan fingerprint density at radius 1 is 1.33 bits per heavy atom. The van der Waals surface area contributed by atoms with Gasteiger partial charge in [-0.15, -0.1) is 0 Å². The molecule has 0 aromatic carbocycles. The normalized spacial score (nSPS) is 7.25. The molecule has 0 atom stereocenters. The molecule has 0 amide bonds. The van der Waals surface area contributed by atoms with Crippen LogP contribution in [0.2, 0.25) is 0 Å². The van der Waals surface area contributed by atoms with Crippen LogP contribution < -0.4 is 0 Å². The fraction of sp³-hybridized carbons (Fsp3) is 0.625. The molecular weight excluding hydrogens is 200 g/mol. The van der Waals surface area contributed by atoms with E-state index in [1.807, 2.05) is 20.3 Å². The van der Waals surface area contributed by atoms with Crippen molar-refractivity contribution in [1.29, 1.82) is 0 Å². The van der Waals surface area contributed by atoms with Gasteiger partial charge < -0.3 is 11.5 Å². The standard InChI is InChI=1S/C5H8O3.C3H7.Fe/c1-2-4(6)3-5(7)8;1-3-2;/h2-3H2,1H3,(H,7,8);3H,1-2H3;/q;-1;. The summed E-state index contributed by atoms with van der Waals surface area (Å²) < 4.78 is 0. The number of rotatable bonds is 3. The first-order valence-corrected chi connectivity index (χ1v) is 3.55. The maximum absolute atomic E-state index is 10.2. The van der Waals surface area contributed by atoms with Crippen LogP contribution in [0, 0.1) is 6.42 Å². The predicted molar refractivity (Wildman–Crippen MR) is 43.2 cm³/mol. The zero-order valence-electron chi connectivity index (χ0n) is 7.61. The third kappa shape index (κ3) is 22.6. The number of aliphatic carboxylic acids is 1. The number of carbonyl (C=O) groups is 2. The van der Waals surface area contributed by atoms with Crippen molar-refractivity contribution in [3.8, 4) is 0 Å². The molecule has 4 heteroatoms. The Morgan fingerprint density at radius 2 is 1.67 bits per heavy atom. The number of carboxylic acid groups (broad SMARTS) is 1. The molecule has 0 saturated carbocycles. The Labute approximate surface area is 84.0 Å². The van der Waals surface area contributed by atoms with Crippen molar-refractivity contribution in [3.63, 3.8) is 0 Å². The second-order valence-corrected chi connectivity index (χ2v) is 2.04. The van der Waals surface area contributed by atoms with Gasteiger partial charge in [0.25, 0.3) is 0 Å². The molecule has 0 rings (SSSR count). The van der Waals surface area contributed by atoms with E-state index in [4.69, 9.17) is 5.11 Å². The third-order valence-electron chi connectivity index (χ3n) is 0.743. The van der Waals surface area contributed by atoms with E-state index in [1.54, 1.807) is 6.92 Å². The number of hydrogen-bond donors (Lipinski definition) is 1. The van der Waals surface area contributed by atoms with Crippen LogP contribution in [-0.4, -0.2) is 16.9 Å². The second kappa shape index (κ2) is 13.3. The van der Waals surface area contributed by atoms with Gasteiger partial charge in [-0.1, -0.05) is 6.92 Å². The maximum atomic E-state index is 10.2. The summed E-state index contributed by atoms with van der Waals surface area (Å²) in [4.78, 5) is 20.0. The van der Waals surface area contributed by atoms with Gasteiger partial charge in [0.1, 0.15) is 12.2 Å². The summed E-state index contributed by atoms with van der Waals surface area (Å²) >= 11 is 0. The van der Waals surface area contributed by atoms with Crippen molar-refractivity contribution in [2.75, 3.05) is 0 Å². The van der Waals surface area contributed by atoms with Crippen LogP contribution in [0.15, 0.2) is 0 Å². The first-order valence-electron chi connectivity index (χ1n) is 3.55. The second-order valence-electron chi connectivity index (χ2n) is 2.04. The van der Waals surface area contributed by atoms with E-state index in [0.717, 1.165) is 0 Å². The van der Waals surface area contributed by atoms with Crippen LogP contribution in [0.4, 0.5) is 0 Å². The molecule has 0 radical (unpaired) electrons. The Bertz CT molecular complexity index is 123. The van der Waals surface area contributed by atoms with Crippen molar-refractivity contribution in [1.82, 2.24) is 0 Å². The van der Waals surface area contributed by atoms with E-state index in [9.17, 15) is 9.59 Å². The predicted octanol–water partition coefficient (Wildman–Crippen LogP) is 1.67. The minimum Gasteiger partial charge on any atom is -0.481 e. The Kier molecular flexibility index (Phi) is 19.5. The summed E-state index contributed by atoms with van der Waals surface area (Å²) in [7, 11) is 0. The van der Waals surface area contributed by atoms with Gasteiger partial charge in [0.15, 0.2) is 0 Å². The van der Waals surface area contributed by atoms with Gasteiger partial charge in [0.2, 0.25) is 0 Å². The quantitative estimate of drug-likeness (QED) is 0.442. The Hall–Kier alpha value is -0.341. The monoisotopic (exact) mass is 215 g/mol. The van der Waals surface area contributed by atoms with Crippen LogP contribution >= 0.6 is 0 Å². The van der Waals surface area contributed by atoms with Crippen molar-refractivity contribution >= 4 is 11.8 Å². The van der Waals surface area contributed by atoms with E-state index in [1.165, 1.54) is 0 Å². The van der Waals surface area contributed by atoms with Gasteiger partial charge in [-0.25, -0.2) is 0 Å². The number of carboxylic acids is 1. The summed E-state index contributed by atoms with van der Waals surface area (Å²) in [6.07, 6.45) is 1.97. The molecule has 0 unspecified atom stereocenters. The minimum atomic E-state index is -1.04. The molecule has 0 saturated heterocycles. The van der Waals surface area contributed by atoms with Gasteiger partial charge in [0, 0.05) is 23.5 Å². The zero-order chi connectivity index (χ0) is 9.28. The largest absolute Gasteiger partial charge is 0.481 e. The maximum Gasteiger partial charge on any atom is 0.310 e. The number of carbonyl (C=O) groups excluding carboxylic acids is 1. The average molecular weight is 215 g/mol. The van der Waals surface area contributed by atoms with Gasteiger partial charge in [-0.2, -0.15) is 13.8 Å². The number of ketones is 1. The van der Waals surface area contributed by atoms with E-state index in [2.05, 4.69) is 0 Å². The van der Waals surface area contributed by atoms with E-state index in [-0.39, 0.29) is 29.3 Å². The molecule has 74 valence electrons. The van der Waals surface area contributed by atoms with Crippen molar-refractivity contribution < 1.29 is 31.8 Å². The molecule has 0 aromatic rings. The summed E-state index contributed by atoms with van der Waals surface area (Å²) in [5.41, 5.74) is 0.